The van der Waals surface area contributed by atoms with Crippen LogP contribution in [0.25, 0.3) is 0 Å². The Morgan fingerprint density at radius 1 is 1.26 bits per heavy atom. The summed E-state index contributed by atoms with van der Waals surface area (Å²) in [6.45, 7) is 2.74. The fourth-order valence-electron chi connectivity index (χ4n) is 3.23. The number of ether oxygens (including phenoxy) is 1. The summed E-state index contributed by atoms with van der Waals surface area (Å²) in [4.78, 5) is 11.0. The highest BCUT2D eigenvalue weighted by molar-refractivity contribution is 14.0. The predicted molar refractivity (Wildman–Crippen MR) is 121 cm³/mol. The van der Waals surface area contributed by atoms with E-state index in [1.807, 2.05) is 43.6 Å². The standard InChI is InChI=1S/C20H27N5O.HI/c1-21-20(23-13-10-16-7-5-6-12-22-16)24-17-11-14-25(15-17)18-8-3-4-9-19(18)26-2;/h3-9,12,17H,10-11,13-15H2,1-2H3,(H2,21,23,24);1H. The molecule has 1 aromatic carbocycles. The van der Waals surface area contributed by atoms with Crippen molar-refractivity contribution in [3.63, 3.8) is 0 Å². The largest absolute Gasteiger partial charge is 0.495 e. The monoisotopic (exact) mass is 481 g/mol. The number of halogens is 1. The van der Waals surface area contributed by atoms with Crippen molar-refractivity contribution in [1.82, 2.24) is 15.6 Å². The average Bonchev–Trinajstić information content (AvgIpc) is 3.16. The van der Waals surface area contributed by atoms with Gasteiger partial charge in [0, 0.05) is 51.0 Å². The van der Waals surface area contributed by atoms with Crippen molar-refractivity contribution in [2.45, 2.75) is 18.9 Å². The van der Waals surface area contributed by atoms with Gasteiger partial charge in [0.05, 0.1) is 12.8 Å². The number of aromatic nitrogens is 1. The number of para-hydroxylation sites is 2. The van der Waals surface area contributed by atoms with Crippen LogP contribution in [0, 0.1) is 0 Å². The molecule has 0 aliphatic carbocycles. The van der Waals surface area contributed by atoms with Crippen LogP contribution in [-0.4, -0.2) is 50.8 Å². The number of guanidine groups is 1. The van der Waals surface area contributed by atoms with Crippen LogP contribution in [0.15, 0.2) is 53.7 Å². The summed E-state index contributed by atoms with van der Waals surface area (Å²) >= 11 is 0. The molecule has 7 heteroatoms. The fraction of sp³-hybridized carbons (Fsp3) is 0.400. The molecule has 1 saturated heterocycles. The van der Waals surface area contributed by atoms with Crippen LogP contribution in [0.1, 0.15) is 12.1 Å². The second kappa shape index (κ2) is 11.0. The number of hydrogen-bond acceptors (Lipinski definition) is 4. The topological polar surface area (TPSA) is 61.8 Å². The zero-order valence-corrected chi connectivity index (χ0v) is 18.2. The Kier molecular flexibility index (Phi) is 8.63. The van der Waals surface area contributed by atoms with E-state index in [0.717, 1.165) is 55.6 Å². The maximum absolute atomic E-state index is 5.49. The second-order valence-corrected chi connectivity index (χ2v) is 6.32. The number of nitrogens with one attached hydrogen (secondary N) is 2. The number of aliphatic imine (C=N–C) groups is 1. The van der Waals surface area contributed by atoms with E-state index >= 15 is 0 Å². The molecule has 1 fully saturated rings. The Morgan fingerprint density at radius 3 is 2.81 bits per heavy atom. The highest BCUT2D eigenvalue weighted by Crippen LogP contribution is 2.30. The van der Waals surface area contributed by atoms with E-state index in [4.69, 9.17) is 4.74 Å². The summed E-state index contributed by atoms with van der Waals surface area (Å²) in [5.74, 6) is 1.76. The summed E-state index contributed by atoms with van der Waals surface area (Å²) in [5, 5.41) is 6.90. The molecule has 0 spiro atoms. The Labute approximate surface area is 178 Å². The number of pyridine rings is 1. The van der Waals surface area contributed by atoms with Gasteiger partial charge in [0.15, 0.2) is 5.96 Å². The highest BCUT2D eigenvalue weighted by atomic mass is 127. The van der Waals surface area contributed by atoms with Gasteiger partial charge >= 0.3 is 0 Å². The maximum atomic E-state index is 5.49. The third-order valence-electron chi connectivity index (χ3n) is 4.58. The number of anilines is 1. The number of hydrogen-bond donors (Lipinski definition) is 2. The average molecular weight is 481 g/mol. The molecule has 27 heavy (non-hydrogen) atoms. The summed E-state index contributed by atoms with van der Waals surface area (Å²) in [6.07, 6.45) is 3.77. The molecule has 0 saturated carbocycles. The molecule has 1 unspecified atom stereocenters. The molecule has 0 amide bonds. The molecule has 1 atom stereocenters. The number of nitrogens with zero attached hydrogens (tertiary/aromatic N) is 3. The molecule has 2 heterocycles. The molecule has 1 aliphatic rings. The number of methoxy groups -OCH3 is 1. The minimum atomic E-state index is 0. The molecule has 1 aromatic heterocycles. The van der Waals surface area contributed by atoms with Crippen LogP contribution in [-0.2, 0) is 6.42 Å². The van der Waals surface area contributed by atoms with Crippen LogP contribution in [0.3, 0.4) is 0 Å². The van der Waals surface area contributed by atoms with Gasteiger partial charge in [-0.1, -0.05) is 18.2 Å². The minimum absolute atomic E-state index is 0. The van der Waals surface area contributed by atoms with Crippen molar-refractivity contribution in [1.29, 1.82) is 0 Å². The SMILES string of the molecule is CN=C(NCCc1ccccn1)NC1CCN(c2ccccc2OC)C1.I. The third kappa shape index (κ3) is 5.98. The quantitative estimate of drug-likeness (QED) is 0.378. The van der Waals surface area contributed by atoms with E-state index in [2.05, 4.69) is 37.6 Å². The Bertz CT molecular complexity index is 725. The first-order valence-corrected chi connectivity index (χ1v) is 9.05. The second-order valence-electron chi connectivity index (χ2n) is 6.32. The van der Waals surface area contributed by atoms with Crippen LogP contribution in [0.2, 0.25) is 0 Å². The van der Waals surface area contributed by atoms with E-state index in [9.17, 15) is 0 Å². The van der Waals surface area contributed by atoms with Crippen LogP contribution in [0.5, 0.6) is 5.75 Å². The molecule has 0 radical (unpaired) electrons. The van der Waals surface area contributed by atoms with Gasteiger partial charge in [-0.3, -0.25) is 9.98 Å². The predicted octanol–water partition coefficient (Wildman–Crippen LogP) is 2.69. The van der Waals surface area contributed by atoms with Crippen molar-refractivity contribution in [3.05, 3.63) is 54.4 Å². The van der Waals surface area contributed by atoms with E-state index in [1.165, 1.54) is 0 Å². The lowest BCUT2D eigenvalue weighted by atomic mass is 10.2. The molecule has 146 valence electrons. The van der Waals surface area contributed by atoms with Gasteiger partial charge in [-0.15, -0.1) is 24.0 Å². The van der Waals surface area contributed by atoms with Crippen molar-refractivity contribution in [2.75, 3.05) is 38.7 Å². The van der Waals surface area contributed by atoms with Gasteiger partial charge in [-0.25, -0.2) is 0 Å². The van der Waals surface area contributed by atoms with Crippen molar-refractivity contribution >= 4 is 35.6 Å². The molecule has 0 bridgehead atoms. The van der Waals surface area contributed by atoms with Crippen molar-refractivity contribution in [3.8, 4) is 5.75 Å². The van der Waals surface area contributed by atoms with Gasteiger partial charge in [0.25, 0.3) is 0 Å². The Hall–Kier alpha value is -2.03. The normalized spacial score (nSPS) is 16.6. The van der Waals surface area contributed by atoms with Crippen LogP contribution < -0.4 is 20.3 Å². The van der Waals surface area contributed by atoms with Gasteiger partial charge in [-0.05, 0) is 30.7 Å². The highest BCUT2D eigenvalue weighted by Gasteiger charge is 2.25. The maximum Gasteiger partial charge on any atom is 0.191 e. The zero-order chi connectivity index (χ0) is 18.2. The summed E-state index contributed by atoms with van der Waals surface area (Å²) < 4.78 is 5.49. The first kappa shape index (κ1) is 21.3. The van der Waals surface area contributed by atoms with Gasteiger partial charge in [-0.2, -0.15) is 0 Å². The lowest BCUT2D eigenvalue weighted by Gasteiger charge is -2.22. The summed E-state index contributed by atoms with van der Waals surface area (Å²) in [7, 11) is 3.53. The zero-order valence-electron chi connectivity index (χ0n) is 15.9. The number of benzene rings is 1. The molecular formula is C20H28IN5O. The minimum Gasteiger partial charge on any atom is -0.495 e. The third-order valence-corrected chi connectivity index (χ3v) is 4.58. The summed E-state index contributed by atoms with van der Waals surface area (Å²) in [6, 6.07) is 14.5. The molecule has 1 aliphatic heterocycles. The lowest BCUT2D eigenvalue weighted by molar-refractivity contribution is 0.415. The van der Waals surface area contributed by atoms with E-state index in [1.54, 1.807) is 7.11 Å². The van der Waals surface area contributed by atoms with Crippen LogP contribution >= 0.6 is 24.0 Å². The van der Waals surface area contributed by atoms with Crippen molar-refractivity contribution in [2.24, 2.45) is 4.99 Å². The first-order chi connectivity index (χ1) is 12.8. The van der Waals surface area contributed by atoms with E-state index in [0.29, 0.717) is 6.04 Å². The smallest absolute Gasteiger partial charge is 0.191 e. The van der Waals surface area contributed by atoms with Crippen molar-refractivity contribution < 1.29 is 4.74 Å². The molecular weight excluding hydrogens is 453 g/mol. The number of rotatable bonds is 6. The summed E-state index contributed by atoms with van der Waals surface area (Å²) in [5.41, 5.74) is 2.23. The molecule has 2 N–H and O–H groups in total. The Morgan fingerprint density at radius 2 is 2.07 bits per heavy atom. The van der Waals surface area contributed by atoms with Gasteiger partial charge in [0.2, 0.25) is 0 Å². The first-order valence-electron chi connectivity index (χ1n) is 9.05. The van der Waals surface area contributed by atoms with Crippen LogP contribution in [0.4, 0.5) is 5.69 Å². The Balaban J connectivity index is 0.00000261. The molecule has 6 nitrogen and oxygen atoms in total. The van der Waals surface area contributed by atoms with Gasteiger partial charge in [0.1, 0.15) is 5.75 Å². The van der Waals surface area contributed by atoms with E-state index < -0.39 is 0 Å². The van der Waals surface area contributed by atoms with E-state index in [-0.39, 0.29) is 24.0 Å². The molecule has 3 rings (SSSR count). The van der Waals surface area contributed by atoms with Gasteiger partial charge < -0.3 is 20.3 Å². The lowest BCUT2D eigenvalue weighted by Crippen LogP contribution is -2.45. The molecule has 2 aromatic rings. The fourth-order valence-corrected chi connectivity index (χ4v) is 3.23.